The van der Waals surface area contributed by atoms with Crippen LogP contribution in [0, 0.1) is 5.82 Å². The Morgan fingerprint density at radius 1 is 1.53 bits per heavy atom. The van der Waals surface area contributed by atoms with Crippen LogP contribution in [0.4, 0.5) is 10.1 Å². The highest BCUT2D eigenvalue weighted by Gasteiger charge is 2.18. The van der Waals surface area contributed by atoms with Crippen molar-refractivity contribution in [3.63, 3.8) is 0 Å². The zero-order valence-electron chi connectivity index (χ0n) is 8.90. The number of carbonyl (C=O) groups excluding carboxylic acids is 1. The summed E-state index contributed by atoms with van der Waals surface area (Å²) in [5, 5.41) is 5.75. The molecule has 2 aromatic rings. The van der Waals surface area contributed by atoms with Gasteiger partial charge in [-0.3, -0.25) is 4.79 Å². The highest BCUT2D eigenvalue weighted by Crippen LogP contribution is 2.26. The van der Waals surface area contributed by atoms with Crippen molar-refractivity contribution in [1.82, 2.24) is 15.5 Å². The van der Waals surface area contributed by atoms with Crippen LogP contribution in [0.2, 0.25) is 0 Å². The van der Waals surface area contributed by atoms with Crippen molar-refractivity contribution >= 4 is 11.6 Å². The van der Waals surface area contributed by atoms with E-state index in [1.807, 2.05) is 0 Å². The number of amides is 1. The second-order valence-electron chi connectivity index (χ2n) is 3.21. The van der Waals surface area contributed by atoms with Crippen LogP contribution in [-0.4, -0.2) is 23.1 Å². The molecule has 88 valence electrons. The Labute approximate surface area is 95.6 Å². The van der Waals surface area contributed by atoms with Crippen molar-refractivity contribution in [2.75, 3.05) is 12.8 Å². The highest BCUT2D eigenvalue weighted by atomic mass is 19.1. The van der Waals surface area contributed by atoms with Crippen molar-refractivity contribution in [2.45, 2.75) is 0 Å². The molecule has 0 radical (unpaired) electrons. The van der Waals surface area contributed by atoms with Crippen molar-refractivity contribution in [2.24, 2.45) is 0 Å². The number of halogens is 1. The zero-order chi connectivity index (χ0) is 12.4. The van der Waals surface area contributed by atoms with Crippen LogP contribution in [0.5, 0.6) is 0 Å². The van der Waals surface area contributed by atoms with Gasteiger partial charge in [-0.25, -0.2) is 4.39 Å². The van der Waals surface area contributed by atoms with E-state index >= 15 is 0 Å². The van der Waals surface area contributed by atoms with Gasteiger partial charge in [0.2, 0.25) is 0 Å². The molecule has 0 bridgehead atoms. The summed E-state index contributed by atoms with van der Waals surface area (Å²) < 4.78 is 18.3. The highest BCUT2D eigenvalue weighted by molar-refractivity contribution is 5.90. The van der Waals surface area contributed by atoms with Crippen LogP contribution in [0.15, 0.2) is 22.7 Å². The fourth-order valence-corrected chi connectivity index (χ4v) is 1.30. The van der Waals surface area contributed by atoms with Crippen LogP contribution in [-0.2, 0) is 0 Å². The lowest BCUT2D eigenvalue weighted by molar-refractivity contribution is 0.0950. The van der Waals surface area contributed by atoms with E-state index in [-0.39, 0.29) is 23.0 Å². The van der Waals surface area contributed by atoms with Crippen LogP contribution < -0.4 is 11.1 Å². The Morgan fingerprint density at radius 3 is 2.94 bits per heavy atom. The molecule has 0 aliphatic heterocycles. The number of nitrogens with one attached hydrogen (secondary N) is 1. The molecule has 1 aromatic heterocycles. The van der Waals surface area contributed by atoms with Crippen molar-refractivity contribution in [3.05, 3.63) is 29.8 Å². The van der Waals surface area contributed by atoms with Gasteiger partial charge in [-0.15, -0.1) is 0 Å². The molecule has 1 aromatic carbocycles. The van der Waals surface area contributed by atoms with Crippen LogP contribution >= 0.6 is 0 Å². The molecule has 1 heterocycles. The molecule has 1 amide bonds. The number of hydrogen-bond donors (Lipinski definition) is 2. The van der Waals surface area contributed by atoms with E-state index in [1.54, 1.807) is 0 Å². The van der Waals surface area contributed by atoms with Gasteiger partial charge in [-0.05, 0) is 12.1 Å². The monoisotopic (exact) mass is 236 g/mol. The van der Waals surface area contributed by atoms with Gasteiger partial charge >= 0.3 is 0 Å². The van der Waals surface area contributed by atoms with Gasteiger partial charge < -0.3 is 15.6 Å². The van der Waals surface area contributed by atoms with Gasteiger partial charge in [-0.1, -0.05) is 11.2 Å². The molecule has 7 heteroatoms. The largest absolute Gasteiger partial charge is 0.398 e. The van der Waals surface area contributed by atoms with Crippen molar-refractivity contribution in [1.29, 1.82) is 0 Å². The summed E-state index contributed by atoms with van der Waals surface area (Å²) in [5.41, 5.74) is 5.76. The van der Waals surface area contributed by atoms with E-state index < -0.39 is 11.7 Å². The average Bonchev–Trinajstić information content (AvgIpc) is 2.77. The molecule has 0 unspecified atom stereocenters. The Hall–Kier alpha value is -2.44. The summed E-state index contributed by atoms with van der Waals surface area (Å²) in [4.78, 5) is 15.0. The number of benzene rings is 1. The van der Waals surface area contributed by atoms with Crippen LogP contribution in [0.1, 0.15) is 10.6 Å². The number of carbonyl (C=O) groups is 1. The number of nitrogens with zero attached hydrogens (tertiary/aromatic N) is 2. The van der Waals surface area contributed by atoms with Gasteiger partial charge in [0.15, 0.2) is 0 Å². The lowest BCUT2D eigenvalue weighted by atomic mass is 10.1. The maximum Gasteiger partial charge on any atom is 0.292 e. The molecular weight excluding hydrogens is 227 g/mol. The minimum atomic E-state index is -0.586. The second kappa shape index (κ2) is 4.20. The SMILES string of the molecule is CNC(=O)c1noc(-c2c(N)cccc2F)n1. The number of aromatic nitrogens is 2. The van der Waals surface area contributed by atoms with Gasteiger partial charge in [0.25, 0.3) is 17.6 Å². The van der Waals surface area contributed by atoms with E-state index in [9.17, 15) is 9.18 Å². The quantitative estimate of drug-likeness (QED) is 0.753. The molecule has 2 rings (SSSR count). The third-order valence-electron chi connectivity index (χ3n) is 2.12. The normalized spacial score (nSPS) is 10.2. The predicted molar refractivity (Wildman–Crippen MR) is 57.5 cm³/mol. The van der Waals surface area contributed by atoms with Crippen molar-refractivity contribution in [3.8, 4) is 11.5 Å². The number of nitrogens with two attached hydrogens (primary N) is 1. The third-order valence-corrected chi connectivity index (χ3v) is 2.12. The molecule has 17 heavy (non-hydrogen) atoms. The average molecular weight is 236 g/mol. The minimum absolute atomic E-state index is 0.00449. The van der Waals surface area contributed by atoms with Crippen LogP contribution in [0.25, 0.3) is 11.5 Å². The van der Waals surface area contributed by atoms with E-state index in [2.05, 4.69) is 15.5 Å². The smallest absolute Gasteiger partial charge is 0.292 e. The summed E-state index contributed by atoms with van der Waals surface area (Å²) in [6.45, 7) is 0. The first-order chi connectivity index (χ1) is 8.13. The van der Waals surface area contributed by atoms with Crippen LogP contribution in [0.3, 0.4) is 0 Å². The molecular formula is C10H9FN4O2. The Bertz CT molecular complexity index is 547. The summed E-state index contributed by atoms with van der Waals surface area (Å²) in [5.74, 6) is -1.41. The molecule has 0 fully saturated rings. The summed E-state index contributed by atoms with van der Waals surface area (Å²) in [6, 6.07) is 4.18. The summed E-state index contributed by atoms with van der Waals surface area (Å²) >= 11 is 0. The molecule has 3 N–H and O–H groups in total. The molecule has 0 saturated heterocycles. The van der Waals surface area contributed by atoms with E-state index in [0.29, 0.717) is 0 Å². The van der Waals surface area contributed by atoms with Gasteiger partial charge in [0.05, 0.1) is 5.56 Å². The third kappa shape index (κ3) is 1.94. The molecule has 0 spiro atoms. The predicted octanol–water partition coefficient (Wildman–Crippen LogP) is 0.818. The molecule has 0 aliphatic rings. The number of hydrogen-bond acceptors (Lipinski definition) is 5. The number of anilines is 1. The lowest BCUT2D eigenvalue weighted by Crippen LogP contribution is -2.19. The Kier molecular flexibility index (Phi) is 2.73. The van der Waals surface area contributed by atoms with E-state index in [4.69, 9.17) is 10.3 Å². The molecule has 0 atom stereocenters. The number of rotatable bonds is 2. The first kappa shape index (κ1) is 11.1. The maximum atomic E-state index is 13.5. The second-order valence-corrected chi connectivity index (χ2v) is 3.21. The zero-order valence-corrected chi connectivity index (χ0v) is 8.90. The van der Waals surface area contributed by atoms with Crippen molar-refractivity contribution < 1.29 is 13.7 Å². The number of nitrogen functional groups attached to an aromatic ring is 1. The van der Waals surface area contributed by atoms with E-state index in [1.165, 1.54) is 25.2 Å². The minimum Gasteiger partial charge on any atom is -0.398 e. The van der Waals surface area contributed by atoms with Gasteiger partial charge in [0.1, 0.15) is 5.82 Å². The fourth-order valence-electron chi connectivity index (χ4n) is 1.30. The molecule has 6 nitrogen and oxygen atoms in total. The van der Waals surface area contributed by atoms with Gasteiger partial charge in [-0.2, -0.15) is 4.98 Å². The topological polar surface area (TPSA) is 94.0 Å². The standard InChI is InChI=1S/C10H9FN4O2/c1-13-9(16)8-14-10(17-15-8)7-5(11)3-2-4-6(7)12/h2-4H,12H2,1H3,(H,13,16). The first-order valence-corrected chi connectivity index (χ1v) is 4.73. The maximum absolute atomic E-state index is 13.5. The molecule has 0 saturated carbocycles. The van der Waals surface area contributed by atoms with Gasteiger partial charge in [0, 0.05) is 12.7 Å². The Morgan fingerprint density at radius 2 is 2.29 bits per heavy atom. The van der Waals surface area contributed by atoms with E-state index in [0.717, 1.165) is 0 Å². The lowest BCUT2D eigenvalue weighted by Gasteiger charge is -2.00. The first-order valence-electron chi connectivity index (χ1n) is 4.73. The summed E-state index contributed by atoms with van der Waals surface area (Å²) in [7, 11) is 1.43. The summed E-state index contributed by atoms with van der Waals surface area (Å²) in [6.07, 6.45) is 0. The Balaban J connectivity index is 2.47. The molecule has 0 aliphatic carbocycles. The fraction of sp³-hybridized carbons (Fsp3) is 0.100.